The number of amides is 1. The van der Waals surface area contributed by atoms with Gasteiger partial charge in [-0.15, -0.1) is 0 Å². The van der Waals surface area contributed by atoms with E-state index in [1.54, 1.807) is 24.3 Å². The monoisotopic (exact) mass is 402 g/mol. The molecule has 0 radical (unpaired) electrons. The standard InChI is InChI=1S/C19H12Cl2N2O2S/c20-13-8-4-7-12(16(13)21)14-9-10-15(25-14)17-18(24)23-19(26-17)22-11-5-2-1-3-6-11/h1-10,17H,(H,22,23,24)/t17-/m1/s1. The maximum absolute atomic E-state index is 12.3. The summed E-state index contributed by atoms with van der Waals surface area (Å²) in [6, 6.07) is 18.3. The summed E-state index contributed by atoms with van der Waals surface area (Å²) >= 11 is 13.6. The summed E-state index contributed by atoms with van der Waals surface area (Å²) in [6.45, 7) is 0. The number of nitrogens with zero attached hydrogens (tertiary/aromatic N) is 1. The predicted molar refractivity (Wildman–Crippen MR) is 106 cm³/mol. The normalized spacial score (nSPS) is 18.3. The molecule has 0 unspecified atom stereocenters. The van der Waals surface area contributed by atoms with Gasteiger partial charge in [-0.3, -0.25) is 4.79 Å². The number of para-hydroxylation sites is 1. The van der Waals surface area contributed by atoms with Crippen molar-refractivity contribution in [1.29, 1.82) is 0 Å². The van der Waals surface area contributed by atoms with Crippen molar-refractivity contribution in [2.75, 3.05) is 0 Å². The van der Waals surface area contributed by atoms with E-state index in [0.29, 0.717) is 32.3 Å². The van der Waals surface area contributed by atoms with Gasteiger partial charge in [0.25, 0.3) is 0 Å². The second-order valence-corrected chi connectivity index (χ2v) is 7.42. The van der Waals surface area contributed by atoms with Gasteiger partial charge in [-0.05, 0) is 36.4 Å². The Kier molecular flexibility index (Phi) is 4.76. The topological polar surface area (TPSA) is 54.6 Å². The number of hydrogen-bond acceptors (Lipinski definition) is 4. The van der Waals surface area contributed by atoms with Crippen molar-refractivity contribution < 1.29 is 9.21 Å². The number of furan rings is 1. The number of carbonyl (C=O) groups excluding carboxylic acids is 1. The molecule has 1 atom stereocenters. The maximum atomic E-state index is 12.3. The Morgan fingerprint density at radius 2 is 1.81 bits per heavy atom. The molecular weight excluding hydrogens is 391 g/mol. The number of carbonyl (C=O) groups is 1. The van der Waals surface area contributed by atoms with E-state index in [9.17, 15) is 4.79 Å². The van der Waals surface area contributed by atoms with Crippen molar-refractivity contribution in [2.45, 2.75) is 5.25 Å². The summed E-state index contributed by atoms with van der Waals surface area (Å²) in [4.78, 5) is 16.8. The molecule has 1 N–H and O–H groups in total. The smallest absolute Gasteiger partial charge is 0.247 e. The average molecular weight is 403 g/mol. The highest BCUT2D eigenvalue weighted by molar-refractivity contribution is 8.15. The second kappa shape index (κ2) is 7.19. The molecular formula is C19H12Cl2N2O2S. The molecule has 0 saturated carbocycles. The molecule has 2 heterocycles. The van der Waals surface area contributed by atoms with Crippen LogP contribution in [0.3, 0.4) is 0 Å². The van der Waals surface area contributed by atoms with Crippen LogP contribution in [-0.2, 0) is 4.79 Å². The van der Waals surface area contributed by atoms with Crippen LogP contribution in [0.4, 0.5) is 5.69 Å². The Morgan fingerprint density at radius 1 is 1.00 bits per heavy atom. The van der Waals surface area contributed by atoms with E-state index in [1.807, 2.05) is 36.4 Å². The summed E-state index contributed by atoms with van der Waals surface area (Å²) in [7, 11) is 0. The quantitative estimate of drug-likeness (QED) is 0.597. The van der Waals surface area contributed by atoms with Crippen LogP contribution in [0.5, 0.6) is 0 Å². The van der Waals surface area contributed by atoms with Gasteiger partial charge >= 0.3 is 0 Å². The molecule has 1 saturated heterocycles. The highest BCUT2D eigenvalue weighted by Gasteiger charge is 2.34. The minimum Gasteiger partial charge on any atom is -0.459 e. The molecule has 1 aliphatic heterocycles. The van der Waals surface area contributed by atoms with E-state index < -0.39 is 5.25 Å². The molecule has 3 aromatic rings. The lowest BCUT2D eigenvalue weighted by molar-refractivity contribution is -0.119. The second-order valence-electron chi connectivity index (χ2n) is 5.54. The van der Waals surface area contributed by atoms with Crippen LogP contribution in [0.15, 0.2) is 70.1 Å². The molecule has 4 nitrogen and oxygen atoms in total. The van der Waals surface area contributed by atoms with Crippen LogP contribution in [0.25, 0.3) is 11.3 Å². The van der Waals surface area contributed by atoms with E-state index in [1.165, 1.54) is 11.8 Å². The Labute approximate surface area is 164 Å². The molecule has 1 aromatic heterocycles. The van der Waals surface area contributed by atoms with E-state index in [0.717, 1.165) is 5.69 Å². The van der Waals surface area contributed by atoms with Crippen LogP contribution < -0.4 is 5.32 Å². The Morgan fingerprint density at radius 3 is 2.62 bits per heavy atom. The van der Waals surface area contributed by atoms with Gasteiger partial charge < -0.3 is 9.73 Å². The fraction of sp³-hybridized carbons (Fsp3) is 0.0526. The van der Waals surface area contributed by atoms with E-state index in [4.69, 9.17) is 27.6 Å². The summed E-state index contributed by atoms with van der Waals surface area (Å²) in [5.74, 6) is 0.939. The summed E-state index contributed by atoms with van der Waals surface area (Å²) in [5, 5.41) is 3.71. The summed E-state index contributed by atoms with van der Waals surface area (Å²) in [6.07, 6.45) is 0. The SMILES string of the molecule is O=C1NC(=Nc2ccccc2)S[C@@H]1c1ccc(-c2cccc(Cl)c2Cl)o1. The third-order valence-corrected chi connectivity index (χ3v) is 5.70. The molecule has 130 valence electrons. The number of rotatable bonds is 3. The third kappa shape index (κ3) is 3.38. The lowest BCUT2D eigenvalue weighted by Gasteiger charge is -2.04. The Bertz CT molecular complexity index is 1000. The molecule has 2 aromatic carbocycles. The number of amidine groups is 1. The van der Waals surface area contributed by atoms with Crippen molar-refractivity contribution in [2.24, 2.45) is 4.99 Å². The third-order valence-electron chi connectivity index (χ3n) is 3.79. The highest BCUT2D eigenvalue weighted by Crippen LogP contribution is 2.40. The number of hydrogen-bond donors (Lipinski definition) is 1. The number of halogens is 2. The zero-order valence-electron chi connectivity index (χ0n) is 13.3. The first-order chi connectivity index (χ1) is 12.6. The first kappa shape index (κ1) is 17.2. The maximum Gasteiger partial charge on any atom is 0.247 e. The average Bonchev–Trinajstić information content (AvgIpc) is 3.25. The van der Waals surface area contributed by atoms with Crippen LogP contribution in [0, 0.1) is 0 Å². The van der Waals surface area contributed by atoms with Crippen LogP contribution in [-0.4, -0.2) is 11.1 Å². The van der Waals surface area contributed by atoms with Crippen molar-refractivity contribution in [3.8, 4) is 11.3 Å². The van der Waals surface area contributed by atoms with Crippen LogP contribution in [0.1, 0.15) is 11.0 Å². The molecule has 1 fully saturated rings. The molecule has 1 amide bonds. The van der Waals surface area contributed by atoms with Crippen LogP contribution in [0.2, 0.25) is 10.0 Å². The van der Waals surface area contributed by atoms with Crippen molar-refractivity contribution in [3.05, 3.63) is 76.5 Å². The van der Waals surface area contributed by atoms with Gasteiger partial charge in [0.05, 0.1) is 15.7 Å². The number of aliphatic imine (C=N–C) groups is 1. The zero-order valence-corrected chi connectivity index (χ0v) is 15.6. The lowest BCUT2D eigenvalue weighted by Crippen LogP contribution is -2.21. The highest BCUT2D eigenvalue weighted by atomic mass is 35.5. The summed E-state index contributed by atoms with van der Waals surface area (Å²) in [5.41, 5.74) is 1.47. The Balaban J connectivity index is 1.59. The fourth-order valence-electron chi connectivity index (χ4n) is 2.56. The van der Waals surface area contributed by atoms with Crippen molar-refractivity contribution in [3.63, 3.8) is 0 Å². The molecule has 26 heavy (non-hydrogen) atoms. The first-order valence-electron chi connectivity index (χ1n) is 7.77. The summed E-state index contributed by atoms with van der Waals surface area (Å²) < 4.78 is 5.88. The number of thioether (sulfide) groups is 1. The predicted octanol–water partition coefficient (Wildman–Crippen LogP) is 5.85. The number of benzene rings is 2. The van der Waals surface area contributed by atoms with E-state index >= 15 is 0 Å². The molecule has 0 spiro atoms. The fourth-order valence-corrected chi connectivity index (χ4v) is 3.90. The Hall–Kier alpha value is -2.21. The molecule has 4 rings (SSSR count). The molecule has 0 bridgehead atoms. The molecule has 7 heteroatoms. The number of nitrogens with one attached hydrogen (secondary N) is 1. The molecule has 1 aliphatic rings. The van der Waals surface area contributed by atoms with E-state index in [2.05, 4.69) is 10.3 Å². The van der Waals surface area contributed by atoms with Gasteiger partial charge in [0.15, 0.2) is 5.17 Å². The van der Waals surface area contributed by atoms with E-state index in [-0.39, 0.29) is 5.91 Å². The zero-order chi connectivity index (χ0) is 18.1. The van der Waals surface area contributed by atoms with Gasteiger partial charge in [0.1, 0.15) is 16.8 Å². The van der Waals surface area contributed by atoms with Gasteiger partial charge in [-0.1, -0.05) is 59.2 Å². The van der Waals surface area contributed by atoms with Gasteiger partial charge in [-0.25, -0.2) is 4.99 Å². The minimum absolute atomic E-state index is 0.164. The van der Waals surface area contributed by atoms with Gasteiger partial charge in [0, 0.05) is 5.56 Å². The first-order valence-corrected chi connectivity index (χ1v) is 9.41. The lowest BCUT2D eigenvalue weighted by atomic mass is 10.2. The minimum atomic E-state index is -0.496. The van der Waals surface area contributed by atoms with Crippen molar-refractivity contribution >= 4 is 51.7 Å². The molecule has 0 aliphatic carbocycles. The van der Waals surface area contributed by atoms with Crippen molar-refractivity contribution in [1.82, 2.24) is 5.32 Å². The largest absolute Gasteiger partial charge is 0.459 e. The van der Waals surface area contributed by atoms with Crippen LogP contribution >= 0.6 is 35.0 Å². The van der Waals surface area contributed by atoms with Gasteiger partial charge in [0.2, 0.25) is 5.91 Å². The van der Waals surface area contributed by atoms with Gasteiger partial charge in [-0.2, -0.15) is 0 Å².